The Labute approximate surface area is 100 Å². The number of nitrogens with zero attached hydrogens (tertiary/aromatic N) is 2. The predicted molar refractivity (Wildman–Crippen MR) is 61.0 cm³/mol. The van der Waals surface area contributed by atoms with E-state index in [1.807, 2.05) is 0 Å². The fraction of sp³-hybridized carbons (Fsp3) is 0.0909. The third-order valence-electron chi connectivity index (χ3n) is 2.09. The number of aromatic nitrogens is 2. The van der Waals surface area contributed by atoms with E-state index in [1.54, 1.807) is 24.5 Å². The zero-order chi connectivity index (χ0) is 11.5. The second-order valence-corrected chi connectivity index (χ2v) is 4.10. The first-order chi connectivity index (χ1) is 7.70. The second kappa shape index (κ2) is 4.67. The highest BCUT2D eigenvalue weighted by Gasteiger charge is 2.06. The SMILES string of the molecule is OCc1cc(-c2ncc(Br)cn2)ccc1F. The minimum absolute atomic E-state index is 0.240. The van der Waals surface area contributed by atoms with Crippen LogP contribution in [-0.4, -0.2) is 15.1 Å². The van der Waals surface area contributed by atoms with E-state index in [0.717, 1.165) is 4.47 Å². The average Bonchev–Trinajstić information content (AvgIpc) is 2.31. The Morgan fingerprint density at radius 3 is 2.56 bits per heavy atom. The van der Waals surface area contributed by atoms with E-state index >= 15 is 0 Å². The number of aliphatic hydroxyl groups excluding tert-OH is 1. The number of rotatable bonds is 2. The molecule has 2 rings (SSSR count). The lowest BCUT2D eigenvalue weighted by atomic mass is 10.1. The van der Waals surface area contributed by atoms with E-state index in [1.165, 1.54) is 6.07 Å². The van der Waals surface area contributed by atoms with Crippen LogP contribution in [0.25, 0.3) is 11.4 Å². The first-order valence-corrected chi connectivity index (χ1v) is 5.37. The van der Waals surface area contributed by atoms with Crippen LogP contribution in [0.2, 0.25) is 0 Å². The Hall–Kier alpha value is -1.33. The molecule has 16 heavy (non-hydrogen) atoms. The Bertz CT molecular complexity index is 502. The molecule has 0 aliphatic rings. The summed E-state index contributed by atoms with van der Waals surface area (Å²) in [5, 5.41) is 8.95. The van der Waals surface area contributed by atoms with Crippen LogP contribution >= 0.6 is 15.9 Å². The van der Waals surface area contributed by atoms with Crippen molar-refractivity contribution in [2.75, 3.05) is 0 Å². The molecule has 1 aromatic carbocycles. The molecule has 0 atom stereocenters. The van der Waals surface area contributed by atoms with Crippen molar-refractivity contribution in [2.24, 2.45) is 0 Å². The molecule has 0 saturated heterocycles. The molecular weight excluding hydrogens is 275 g/mol. The summed E-state index contributed by atoms with van der Waals surface area (Å²) in [6.45, 7) is -0.337. The van der Waals surface area contributed by atoms with E-state index in [2.05, 4.69) is 25.9 Å². The number of hydrogen-bond acceptors (Lipinski definition) is 3. The van der Waals surface area contributed by atoms with Gasteiger partial charge < -0.3 is 5.11 Å². The van der Waals surface area contributed by atoms with E-state index in [9.17, 15) is 4.39 Å². The van der Waals surface area contributed by atoms with Crippen LogP contribution in [0.5, 0.6) is 0 Å². The van der Waals surface area contributed by atoms with Gasteiger partial charge in [-0.1, -0.05) is 0 Å². The lowest BCUT2D eigenvalue weighted by Gasteiger charge is -2.03. The van der Waals surface area contributed by atoms with Gasteiger partial charge in [0.1, 0.15) is 5.82 Å². The van der Waals surface area contributed by atoms with E-state index in [4.69, 9.17) is 5.11 Å². The quantitative estimate of drug-likeness (QED) is 0.921. The Morgan fingerprint density at radius 1 is 1.25 bits per heavy atom. The van der Waals surface area contributed by atoms with Gasteiger partial charge in [0.25, 0.3) is 0 Å². The molecule has 0 radical (unpaired) electrons. The molecule has 0 fully saturated rings. The Kier molecular flexibility index (Phi) is 3.26. The fourth-order valence-electron chi connectivity index (χ4n) is 1.30. The summed E-state index contributed by atoms with van der Waals surface area (Å²) in [5.74, 6) is 0.0706. The maximum absolute atomic E-state index is 13.1. The number of hydrogen-bond donors (Lipinski definition) is 1. The van der Waals surface area contributed by atoms with Crippen LogP contribution < -0.4 is 0 Å². The third-order valence-corrected chi connectivity index (χ3v) is 2.50. The first-order valence-electron chi connectivity index (χ1n) is 4.58. The van der Waals surface area contributed by atoms with Crippen molar-refractivity contribution in [2.45, 2.75) is 6.61 Å². The molecule has 0 unspecified atom stereocenters. The predicted octanol–water partition coefficient (Wildman–Crippen LogP) is 2.54. The van der Waals surface area contributed by atoms with Crippen molar-refractivity contribution in [3.8, 4) is 11.4 Å². The van der Waals surface area contributed by atoms with Gasteiger partial charge in [-0.2, -0.15) is 0 Å². The molecule has 0 amide bonds. The second-order valence-electron chi connectivity index (χ2n) is 3.19. The molecule has 82 valence electrons. The molecule has 1 N–H and O–H groups in total. The molecule has 0 spiro atoms. The van der Waals surface area contributed by atoms with Gasteiger partial charge in [0.2, 0.25) is 0 Å². The zero-order valence-corrected chi connectivity index (χ0v) is 9.78. The molecular formula is C11H8BrFN2O. The first kappa shape index (κ1) is 11.2. The van der Waals surface area contributed by atoms with Crippen molar-refractivity contribution in [3.63, 3.8) is 0 Å². The van der Waals surface area contributed by atoms with Crippen LogP contribution in [0.4, 0.5) is 4.39 Å². The van der Waals surface area contributed by atoms with Gasteiger partial charge in [-0.05, 0) is 34.1 Å². The molecule has 0 bridgehead atoms. The number of aliphatic hydroxyl groups is 1. The number of halogens is 2. The monoisotopic (exact) mass is 282 g/mol. The third kappa shape index (κ3) is 2.25. The van der Waals surface area contributed by atoms with Gasteiger partial charge in [-0.25, -0.2) is 14.4 Å². The molecule has 2 aromatic rings. The average molecular weight is 283 g/mol. The lowest BCUT2D eigenvalue weighted by Crippen LogP contribution is -1.93. The van der Waals surface area contributed by atoms with Gasteiger partial charge in [-0.15, -0.1) is 0 Å². The maximum atomic E-state index is 13.1. The Morgan fingerprint density at radius 2 is 1.94 bits per heavy atom. The highest BCUT2D eigenvalue weighted by Crippen LogP contribution is 2.19. The largest absolute Gasteiger partial charge is 0.392 e. The normalized spacial score (nSPS) is 10.4. The van der Waals surface area contributed by atoms with Crippen LogP contribution in [0.1, 0.15) is 5.56 Å². The van der Waals surface area contributed by atoms with Gasteiger partial charge >= 0.3 is 0 Å². The molecule has 5 heteroatoms. The van der Waals surface area contributed by atoms with Crippen molar-refractivity contribution in [1.82, 2.24) is 9.97 Å². The van der Waals surface area contributed by atoms with Crippen LogP contribution in [-0.2, 0) is 6.61 Å². The fourth-order valence-corrected chi connectivity index (χ4v) is 1.50. The minimum atomic E-state index is -0.427. The Balaban J connectivity index is 2.44. The van der Waals surface area contributed by atoms with Crippen molar-refractivity contribution >= 4 is 15.9 Å². The summed E-state index contributed by atoms with van der Waals surface area (Å²) in [6, 6.07) is 4.42. The number of benzene rings is 1. The molecule has 3 nitrogen and oxygen atoms in total. The summed E-state index contributed by atoms with van der Waals surface area (Å²) >= 11 is 3.23. The molecule has 1 aromatic heterocycles. The van der Waals surface area contributed by atoms with Crippen molar-refractivity contribution < 1.29 is 9.50 Å². The molecule has 1 heterocycles. The highest BCUT2D eigenvalue weighted by atomic mass is 79.9. The van der Waals surface area contributed by atoms with Crippen LogP contribution in [0, 0.1) is 5.82 Å². The summed E-state index contributed by atoms with van der Waals surface area (Å²) in [7, 11) is 0. The zero-order valence-electron chi connectivity index (χ0n) is 8.19. The lowest BCUT2D eigenvalue weighted by molar-refractivity contribution is 0.276. The van der Waals surface area contributed by atoms with Crippen LogP contribution in [0.15, 0.2) is 35.1 Å². The molecule has 0 saturated carbocycles. The summed E-state index contributed by atoms with van der Waals surface area (Å²) in [5.41, 5.74) is 0.918. The van der Waals surface area contributed by atoms with Gasteiger partial charge in [0, 0.05) is 23.5 Å². The van der Waals surface area contributed by atoms with Gasteiger partial charge in [0.05, 0.1) is 11.1 Å². The molecule has 0 aliphatic heterocycles. The summed E-state index contributed by atoms with van der Waals surface area (Å²) < 4.78 is 13.9. The topological polar surface area (TPSA) is 46.0 Å². The standard InChI is InChI=1S/C11H8BrFN2O/c12-9-4-14-11(15-5-9)7-1-2-10(13)8(3-7)6-16/h1-5,16H,6H2. The minimum Gasteiger partial charge on any atom is -0.392 e. The van der Waals surface area contributed by atoms with Gasteiger partial charge in [-0.3, -0.25) is 0 Å². The summed E-state index contributed by atoms with van der Waals surface area (Å²) in [4.78, 5) is 8.18. The van der Waals surface area contributed by atoms with Crippen LogP contribution in [0.3, 0.4) is 0 Å². The summed E-state index contributed by atoms with van der Waals surface area (Å²) in [6.07, 6.45) is 3.23. The van der Waals surface area contributed by atoms with E-state index in [-0.39, 0.29) is 12.2 Å². The smallest absolute Gasteiger partial charge is 0.159 e. The van der Waals surface area contributed by atoms with Crippen molar-refractivity contribution in [1.29, 1.82) is 0 Å². The van der Waals surface area contributed by atoms with E-state index < -0.39 is 5.82 Å². The highest BCUT2D eigenvalue weighted by molar-refractivity contribution is 9.10. The van der Waals surface area contributed by atoms with Crippen molar-refractivity contribution in [3.05, 3.63) is 46.4 Å². The van der Waals surface area contributed by atoms with E-state index in [0.29, 0.717) is 11.4 Å². The van der Waals surface area contributed by atoms with Gasteiger partial charge in [0.15, 0.2) is 5.82 Å². The molecule has 0 aliphatic carbocycles. The maximum Gasteiger partial charge on any atom is 0.159 e.